The van der Waals surface area contributed by atoms with E-state index in [0.29, 0.717) is 11.5 Å². The summed E-state index contributed by atoms with van der Waals surface area (Å²) in [5, 5.41) is 0. The Kier molecular flexibility index (Phi) is 7.91. The van der Waals surface area contributed by atoms with Gasteiger partial charge in [-0.25, -0.2) is 8.42 Å². The second kappa shape index (κ2) is 10.2. The van der Waals surface area contributed by atoms with E-state index in [2.05, 4.69) is 15.6 Å². The number of hydrogen-bond donors (Lipinski definition) is 3. The Labute approximate surface area is 167 Å². The molecule has 0 aliphatic carbocycles. The third-order valence-electron chi connectivity index (χ3n) is 3.64. The van der Waals surface area contributed by atoms with Crippen LogP contribution in [0.2, 0.25) is 0 Å². The van der Waals surface area contributed by atoms with Crippen LogP contribution in [0.3, 0.4) is 0 Å². The van der Waals surface area contributed by atoms with Crippen LogP contribution in [0.15, 0.2) is 52.0 Å². The van der Waals surface area contributed by atoms with Crippen molar-refractivity contribution in [3.8, 4) is 5.75 Å². The molecule has 2 amide bonds. The largest absolute Gasteiger partial charge is 0.497 e. The summed E-state index contributed by atoms with van der Waals surface area (Å²) in [5.74, 6) is -0.280. The number of furan rings is 1. The number of rotatable bonds is 9. The summed E-state index contributed by atoms with van der Waals surface area (Å²) in [6.07, 6.45) is 3.39. The fourth-order valence-electron chi connectivity index (χ4n) is 2.16. The summed E-state index contributed by atoms with van der Waals surface area (Å²) < 4.78 is 37.5. The lowest BCUT2D eigenvalue weighted by Gasteiger charge is -2.18. The molecule has 0 radical (unpaired) electrons. The first-order valence-corrected chi connectivity index (χ1v) is 11.0. The van der Waals surface area contributed by atoms with Gasteiger partial charge in [-0.3, -0.25) is 20.4 Å². The number of hydrogen-bond acceptors (Lipinski definition) is 7. The fraction of sp³-hybridized carbons (Fsp3) is 0.294. The topological polar surface area (TPSA) is 127 Å². The van der Waals surface area contributed by atoms with Gasteiger partial charge in [0.2, 0.25) is 10.0 Å². The van der Waals surface area contributed by atoms with E-state index in [9.17, 15) is 18.0 Å². The molecule has 9 nitrogen and oxygen atoms in total. The highest BCUT2D eigenvalue weighted by atomic mass is 32.2. The number of nitrogens with one attached hydrogen (secondary N) is 3. The molecular formula is C17H21N3O6S2. The number of methoxy groups -OCH3 is 1. The smallest absolute Gasteiger partial charge is 0.305 e. The standard InChI is InChI=1S/C17H21N3O6S2/c1-25-12-5-7-13(8-6-12)28(23,24)20-14(9-11-27-2)16(21)18-19-17(22)15-4-3-10-26-15/h3-8,10,14,20H,9,11H2,1-2H3,(H,18,21)(H,19,22)/t14-/m1/s1. The Balaban J connectivity index is 2.06. The van der Waals surface area contributed by atoms with E-state index in [-0.39, 0.29) is 17.1 Å². The van der Waals surface area contributed by atoms with Crippen LogP contribution in [0.1, 0.15) is 17.0 Å². The van der Waals surface area contributed by atoms with E-state index in [1.165, 1.54) is 61.5 Å². The van der Waals surface area contributed by atoms with Crippen LogP contribution in [0.4, 0.5) is 0 Å². The van der Waals surface area contributed by atoms with E-state index in [4.69, 9.17) is 9.15 Å². The molecule has 3 N–H and O–H groups in total. The second-order valence-electron chi connectivity index (χ2n) is 5.55. The predicted octanol–water partition coefficient (Wildman–Crippen LogP) is 1.15. The Hall–Kier alpha value is -2.50. The van der Waals surface area contributed by atoms with Gasteiger partial charge in [-0.15, -0.1) is 0 Å². The minimum absolute atomic E-state index is 0.00475. The molecule has 28 heavy (non-hydrogen) atoms. The summed E-state index contributed by atoms with van der Waals surface area (Å²) in [7, 11) is -2.47. The van der Waals surface area contributed by atoms with Gasteiger partial charge in [0.05, 0.1) is 18.3 Å². The zero-order valence-electron chi connectivity index (χ0n) is 15.3. The molecular weight excluding hydrogens is 406 g/mol. The third-order valence-corrected chi connectivity index (χ3v) is 5.77. The van der Waals surface area contributed by atoms with Crippen LogP contribution in [0.5, 0.6) is 5.75 Å². The minimum atomic E-state index is -3.95. The van der Waals surface area contributed by atoms with Gasteiger partial charge in [0.1, 0.15) is 11.8 Å². The Morgan fingerprint density at radius 2 is 1.89 bits per heavy atom. The number of ether oxygens (including phenoxy) is 1. The Morgan fingerprint density at radius 1 is 1.18 bits per heavy atom. The maximum absolute atomic E-state index is 12.6. The van der Waals surface area contributed by atoms with Gasteiger partial charge in [0.15, 0.2) is 5.76 Å². The van der Waals surface area contributed by atoms with Crippen LogP contribution in [-0.4, -0.2) is 45.4 Å². The zero-order chi connectivity index (χ0) is 20.6. The van der Waals surface area contributed by atoms with E-state index in [1.807, 2.05) is 6.26 Å². The summed E-state index contributed by atoms with van der Waals surface area (Å²) in [6.45, 7) is 0. The van der Waals surface area contributed by atoms with Gasteiger partial charge in [-0.2, -0.15) is 16.5 Å². The van der Waals surface area contributed by atoms with Gasteiger partial charge < -0.3 is 9.15 Å². The SMILES string of the molecule is COc1ccc(S(=O)(=O)N[C@H](CCSC)C(=O)NNC(=O)c2ccco2)cc1. The quantitative estimate of drug-likeness (QED) is 0.512. The highest BCUT2D eigenvalue weighted by Crippen LogP contribution is 2.16. The normalized spacial score (nSPS) is 12.2. The highest BCUT2D eigenvalue weighted by molar-refractivity contribution is 7.98. The average molecular weight is 428 g/mol. The van der Waals surface area contributed by atoms with Crippen LogP contribution in [-0.2, 0) is 14.8 Å². The van der Waals surface area contributed by atoms with Crippen molar-refractivity contribution in [2.45, 2.75) is 17.4 Å². The van der Waals surface area contributed by atoms with Gasteiger partial charge >= 0.3 is 5.91 Å². The zero-order valence-corrected chi connectivity index (χ0v) is 16.9. The molecule has 0 aliphatic rings. The van der Waals surface area contributed by atoms with Gasteiger partial charge in [-0.05, 0) is 54.8 Å². The lowest BCUT2D eigenvalue weighted by Crippen LogP contribution is -2.52. The summed E-state index contributed by atoms with van der Waals surface area (Å²) in [5.41, 5.74) is 4.41. The molecule has 0 spiro atoms. The molecule has 0 aliphatic heterocycles. The first kappa shape index (κ1) is 21.8. The van der Waals surface area contributed by atoms with Gasteiger partial charge in [0, 0.05) is 0 Å². The van der Waals surface area contributed by atoms with E-state index < -0.39 is 27.9 Å². The number of benzene rings is 1. The second-order valence-corrected chi connectivity index (χ2v) is 8.25. The number of hydrazine groups is 1. The lowest BCUT2D eigenvalue weighted by atomic mass is 10.2. The monoisotopic (exact) mass is 427 g/mol. The highest BCUT2D eigenvalue weighted by Gasteiger charge is 2.26. The molecule has 0 unspecified atom stereocenters. The maximum Gasteiger partial charge on any atom is 0.305 e. The molecule has 0 fully saturated rings. The van der Waals surface area contributed by atoms with Gasteiger partial charge in [-0.1, -0.05) is 0 Å². The van der Waals surface area contributed by atoms with Crippen molar-refractivity contribution < 1.29 is 27.2 Å². The first-order chi connectivity index (χ1) is 13.4. The van der Waals surface area contributed by atoms with Crippen LogP contribution in [0, 0.1) is 0 Å². The predicted molar refractivity (Wildman–Crippen MR) is 104 cm³/mol. The molecule has 0 saturated carbocycles. The van der Waals surface area contributed by atoms with Crippen molar-refractivity contribution in [2.24, 2.45) is 0 Å². The molecule has 1 atom stereocenters. The van der Waals surface area contributed by atoms with Crippen LogP contribution >= 0.6 is 11.8 Å². The number of carbonyl (C=O) groups is 2. The number of sulfonamides is 1. The molecule has 1 aromatic heterocycles. The van der Waals surface area contributed by atoms with Crippen LogP contribution in [0.25, 0.3) is 0 Å². The lowest BCUT2D eigenvalue weighted by molar-refractivity contribution is -0.123. The fourth-order valence-corrected chi connectivity index (χ4v) is 3.87. The average Bonchev–Trinajstić information content (AvgIpc) is 3.24. The Morgan fingerprint density at radius 3 is 2.46 bits per heavy atom. The molecule has 0 saturated heterocycles. The maximum atomic E-state index is 12.6. The van der Waals surface area contributed by atoms with Crippen molar-refractivity contribution >= 4 is 33.6 Å². The molecule has 11 heteroatoms. The number of amides is 2. The summed E-state index contributed by atoms with van der Waals surface area (Å²) in [6, 6.07) is 7.66. The van der Waals surface area contributed by atoms with Crippen molar-refractivity contribution in [2.75, 3.05) is 19.1 Å². The van der Waals surface area contributed by atoms with Crippen molar-refractivity contribution in [3.63, 3.8) is 0 Å². The molecule has 1 aromatic carbocycles. The van der Waals surface area contributed by atoms with E-state index >= 15 is 0 Å². The third kappa shape index (κ3) is 6.01. The first-order valence-electron chi connectivity index (χ1n) is 8.16. The van der Waals surface area contributed by atoms with Crippen LogP contribution < -0.4 is 20.3 Å². The van der Waals surface area contributed by atoms with Crippen molar-refractivity contribution in [1.82, 2.24) is 15.6 Å². The van der Waals surface area contributed by atoms with Gasteiger partial charge in [0.25, 0.3) is 5.91 Å². The Bertz CT molecular complexity index is 882. The summed E-state index contributed by atoms with van der Waals surface area (Å²) >= 11 is 1.46. The summed E-state index contributed by atoms with van der Waals surface area (Å²) in [4.78, 5) is 24.3. The van der Waals surface area contributed by atoms with Crippen molar-refractivity contribution in [3.05, 3.63) is 48.4 Å². The van der Waals surface area contributed by atoms with E-state index in [0.717, 1.165) is 0 Å². The molecule has 2 rings (SSSR count). The molecule has 1 heterocycles. The molecule has 2 aromatic rings. The van der Waals surface area contributed by atoms with Crippen molar-refractivity contribution in [1.29, 1.82) is 0 Å². The molecule has 152 valence electrons. The number of carbonyl (C=O) groups excluding carboxylic acids is 2. The molecule has 0 bridgehead atoms. The number of thioether (sulfide) groups is 1. The van der Waals surface area contributed by atoms with E-state index in [1.54, 1.807) is 0 Å². The minimum Gasteiger partial charge on any atom is -0.497 e.